The van der Waals surface area contributed by atoms with Gasteiger partial charge in [-0.1, -0.05) is 121 Å². The van der Waals surface area contributed by atoms with E-state index in [4.69, 9.17) is 29.9 Å². The molecule has 8 nitrogen and oxygen atoms in total. The van der Waals surface area contributed by atoms with E-state index < -0.39 is 0 Å². The second-order valence-electron chi connectivity index (χ2n) is 14.9. The zero-order valence-corrected chi connectivity index (χ0v) is 31.9. The van der Waals surface area contributed by atoms with Crippen LogP contribution in [0.25, 0.3) is 122 Å². The van der Waals surface area contributed by atoms with E-state index in [0.717, 1.165) is 87.2 Å². The normalized spacial score (nSPS) is 11.7. The Morgan fingerprint density at radius 3 is 1.10 bits per heavy atom. The van der Waals surface area contributed by atoms with E-state index in [9.17, 15) is 0 Å². The van der Waals surface area contributed by atoms with Crippen LogP contribution in [0.5, 0.6) is 0 Å². The topological polar surface area (TPSA) is 103 Å². The van der Waals surface area contributed by atoms with Crippen LogP contribution in [-0.4, -0.2) is 39.9 Å². The lowest BCUT2D eigenvalue weighted by atomic mass is 9.89. The molecule has 12 rings (SSSR count). The van der Waals surface area contributed by atoms with Gasteiger partial charge in [0.25, 0.3) is 0 Å². The average Bonchev–Trinajstić information content (AvgIpc) is 3.33. The van der Waals surface area contributed by atoms with Crippen molar-refractivity contribution in [3.05, 3.63) is 183 Å². The molecule has 0 bridgehead atoms. The summed E-state index contributed by atoms with van der Waals surface area (Å²) in [4.78, 5) is 39.3. The van der Waals surface area contributed by atoms with E-state index in [1.54, 1.807) is 12.4 Å². The Balaban J connectivity index is 1.06. The molecule has 0 N–H and O–H groups in total. The Hall–Kier alpha value is -8.36. The first-order valence-electron chi connectivity index (χ1n) is 19.7. The summed E-state index contributed by atoms with van der Waals surface area (Å²) in [5.41, 5.74) is 5.50. The molecule has 278 valence electrons. The predicted molar refractivity (Wildman–Crippen MR) is 240 cm³/mol. The van der Waals surface area contributed by atoms with E-state index in [-0.39, 0.29) is 0 Å². The zero-order valence-electron chi connectivity index (χ0n) is 31.9. The molecule has 0 aliphatic carbocycles. The summed E-state index contributed by atoms with van der Waals surface area (Å²) in [5.74, 6) is 3.64. The standard InChI is InChI=1S/C52H30N8/c1-3-7-33(8-4-1)47-55-49(37-11-13-39-29-53-25-23-35(39)27-37)59-51(57-47)43-21-17-31-16-20-42-44(22-18-32-15-19-41(43)45(31)46(32)42)52-58-48(34-9-5-2-6-10-34)56-50(60-52)38-12-14-40-30-54-26-24-36(40)28-38/h1-30H. The molecular formula is C52H30N8. The SMILES string of the molecule is c1ccc(-c2nc(-c3ccc4cnccc4c3)nc(-c3ccc4ccc5c(-c6nc(-c7ccccc7)nc(-c7ccc8cnccc8c7)n6)ccc6ccc3c4c65)n2)cc1. The maximum absolute atomic E-state index is 5.18. The summed E-state index contributed by atoms with van der Waals surface area (Å²) in [6.07, 6.45) is 7.35. The molecular weight excluding hydrogens is 737 g/mol. The molecule has 8 aromatic carbocycles. The Kier molecular flexibility index (Phi) is 7.67. The highest BCUT2D eigenvalue weighted by atomic mass is 15.0. The van der Waals surface area contributed by atoms with E-state index in [1.165, 1.54) is 0 Å². The Morgan fingerprint density at radius 2 is 0.650 bits per heavy atom. The van der Waals surface area contributed by atoms with Crippen LogP contribution in [0.1, 0.15) is 0 Å². The number of aromatic nitrogens is 8. The predicted octanol–water partition coefficient (Wildman–Crippen LogP) is 12.1. The molecule has 0 amide bonds. The highest BCUT2D eigenvalue weighted by molar-refractivity contribution is 6.27. The fourth-order valence-electron chi connectivity index (χ4n) is 8.32. The molecule has 0 saturated heterocycles. The number of nitrogens with zero attached hydrogens (tertiary/aromatic N) is 8. The smallest absolute Gasteiger partial charge is 0.164 e. The molecule has 0 saturated carbocycles. The molecule has 4 heterocycles. The van der Waals surface area contributed by atoms with Crippen molar-refractivity contribution in [2.45, 2.75) is 0 Å². The van der Waals surface area contributed by atoms with Gasteiger partial charge in [0.15, 0.2) is 34.9 Å². The molecule has 0 atom stereocenters. The number of hydrogen-bond acceptors (Lipinski definition) is 8. The van der Waals surface area contributed by atoms with Gasteiger partial charge in [0.05, 0.1) is 0 Å². The van der Waals surface area contributed by atoms with Crippen LogP contribution in [-0.2, 0) is 0 Å². The highest BCUT2D eigenvalue weighted by Crippen LogP contribution is 2.42. The van der Waals surface area contributed by atoms with Crippen molar-refractivity contribution in [3.63, 3.8) is 0 Å². The van der Waals surface area contributed by atoms with Crippen LogP contribution in [0, 0.1) is 0 Å². The van der Waals surface area contributed by atoms with Crippen molar-refractivity contribution >= 4 is 53.9 Å². The second-order valence-corrected chi connectivity index (χ2v) is 14.9. The number of hydrogen-bond donors (Lipinski definition) is 0. The monoisotopic (exact) mass is 766 g/mol. The van der Waals surface area contributed by atoms with Gasteiger partial charge in [0.2, 0.25) is 0 Å². The van der Waals surface area contributed by atoms with Gasteiger partial charge in [-0.25, -0.2) is 29.9 Å². The van der Waals surface area contributed by atoms with Gasteiger partial charge < -0.3 is 0 Å². The quantitative estimate of drug-likeness (QED) is 0.154. The average molecular weight is 767 g/mol. The summed E-state index contributed by atoms with van der Waals surface area (Å²) in [6.45, 7) is 0. The fraction of sp³-hybridized carbons (Fsp3) is 0. The Bertz CT molecular complexity index is 3370. The number of benzene rings is 8. The molecule has 0 unspecified atom stereocenters. The number of pyridine rings is 2. The summed E-state index contributed by atoms with van der Waals surface area (Å²) in [7, 11) is 0. The summed E-state index contributed by atoms with van der Waals surface area (Å²) in [5, 5.41) is 10.9. The van der Waals surface area contributed by atoms with E-state index >= 15 is 0 Å². The van der Waals surface area contributed by atoms with Gasteiger partial charge in [-0.2, -0.15) is 0 Å². The molecule has 0 radical (unpaired) electrons. The van der Waals surface area contributed by atoms with E-state index in [2.05, 4.69) is 94.9 Å². The Labute approximate surface area is 343 Å². The first kappa shape index (κ1) is 33.7. The van der Waals surface area contributed by atoms with Crippen LogP contribution in [0.2, 0.25) is 0 Å². The lowest BCUT2D eigenvalue weighted by Gasteiger charge is -2.16. The Morgan fingerprint density at radius 1 is 0.267 bits per heavy atom. The van der Waals surface area contributed by atoms with Crippen LogP contribution in [0.3, 0.4) is 0 Å². The molecule has 0 aliphatic heterocycles. The van der Waals surface area contributed by atoms with Crippen LogP contribution < -0.4 is 0 Å². The van der Waals surface area contributed by atoms with Crippen molar-refractivity contribution in [3.8, 4) is 68.3 Å². The first-order valence-corrected chi connectivity index (χ1v) is 19.7. The first-order chi connectivity index (χ1) is 29.7. The minimum absolute atomic E-state index is 0.604. The molecule has 0 fully saturated rings. The second kappa shape index (κ2) is 13.6. The van der Waals surface area contributed by atoms with Crippen molar-refractivity contribution in [2.24, 2.45) is 0 Å². The maximum Gasteiger partial charge on any atom is 0.164 e. The third-order valence-electron chi connectivity index (χ3n) is 11.3. The third kappa shape index (κ3) is 5.69. The lowest BCUT2D eigenvalue weighted by molar-refractivity contribution is 1.08. The molecule has 4 aromatic heterocycles. The van der Waals surface area contributed by atoms with Gasteiger partial charge in [-0.05, 0) is 79.5 Å². The molecule has 12 aromatic rings. The van der Waals surface area contributed by atoms with Crippen LogP contribution >= 0.6 is 0 Å². The summed E-state index contributed by atoms with van der Waals surface area (Å²) >= 11 is 0. The summed E-state index contributed by atoms with van der Waals surface area (Å²) in [6, 6.07) is 54.0. The molecule has 8 heteroatoms. The van der Waals surface area contributed by atoms with Gasteiger partial charge in [-0.15, -0.1) is 0 Å². The molecule has 60 heavy (non-hydrogen) atoms. The van der Waals surface area contributed by atoms with Gasteiger partial charge in [0, 0.05) is 68.9 Å². The largest absolute Gasteiger partial charge is 0.264 e. The van der Waals surface area contributed by atoms with Crippen molar-refractivity contribution in [1.82, 2.24) is 39.9 Å². The van der Waals surface area contributed by atoms with E-state index in [1.807, 2.05) is 85.2 Å². The molecule has 0 spiro atoms. The van der Waals surface area contributed by atoms with Crippen LogP contribution in [0.4, 0.5) is 0 Å². The van der Waals surface area contributed by atoms with E-state index in [0.29, 0.717) is 34.9 Å². The molecule has 0 aliphatic rings. The minimum atomic E-state index is 0.604. The van der Waals surface area contributed by atoms with Gasteiger partial charge >= 0.3 is 0 Å². The van der Waals surface area contributed by atoms with Crippen molar-refractivity contribution in [2.75, 3.05) is 0 Å². The third-order valence-corrected chi connectivity index (χ3v) is 11.3. The van der Waals surface area contributed by atoms with Crippen LogP contribution in [0.15, 0.2) is 183 Å². The maximum atomic E-state index is 5.18. The van der Waals surface area contributed by atoms with Gasteiger partial charge in [-0.3, -0.25) is 9.97 Å². The van der Waals surface area contributed by atoms with Crippen molar-refractivity contribution in [1.29, 1.82) is 0 Å². The number of fused-ring (bicyclic) bond motifs is 2. The lowest BCUT2D eigenvalue weighted by Crippen LogP contribution is -2.01. The zero-order chi connectivity index (χ0) is 39.6. The summed E-state index contributed by atoms with van der Waals surface area (Å²) < 4.78 is 0. The minimum Gasteiger partial charge on any atom is -0.264 e. The fourth-order valence-corrected chi connectivity index (χ4v) is 8.32. The number of rotatable bonds is 6. The van der Waals surface area contributed by atoms with Gasteiger partial charge in [0.1, 0.15) is 0 Å². The highest BCUT2D eigenvalue weighted by Gasteiger charge is 2.20. The van der Waals surface area contributed by atoms with Crippen molar-refractivity contribution < 1.29 is 0 Å².